The highest BCUT2D eigenvalue weighted by Crippen LogP contribution is 2.29. The van der Waals surface area contributed by atoms with Crippen LogP contribution in [-0.4, -0.2) is 33.3 Å². The van der Waals surface area contributed by atoms with Gasteiger partial charge in [0, 0.05) is 4.47 Å². The fraction of sp³-hybridized carbons (Fsp3) is 0.231. The van der Waals surface area contributed by atoms with Crippen molar-refractivity contribution in [3.63, 3.8) is 0 Å². The van der Waals surface area contributed by atoms with Crippen LogP contribution in [0.5, 0.6) is 5.75 Å². The number of carbonyl (C=O) groups is 2. The maximum Gasteiger partial charge on any atom is 0.354 e. The van der Waals surface area contributed by atoms with Crippen LogP contribution < -0.4 is 10.1 Å². The normalized spacial score (nSPS) is 10.7. The van der Waals surface area contributed by atoms with E-state index in [9.17, 15) is 9.59 Å². The van der Waals surface area contributed by atoms with Crippen LogP contribution in [0.2, 0.25) is 0 Å². The van der Waals surface area contributed by atoms with Crippen molar-refractivity contribution in [2.24, 2.45) is 0 Å². The molecule has 0 fully saturated rings. The molecule has 0 aliphatic carbocycles. The van der Waals surface area contributed by atoms with Crippen molar-refractivity contribution in [2.45, 2.75) is 0 Å². The highest BCUT2D eigenvalue weighted by Gasteiger charge is 2.15. The van der Waals surface area contributed by atoms with E-state index in [4.69, 9.17) is 4.74 Å². The van der Waals surface area contributed by atoms with Crippen molar-refractivity contribution < 1.29 is 23.8 Å². The maximum atomic E-state index is 11.6. The van der Waals surface area contributed by atoms with Gasteiger partial charge in [0.2, 0.25) is 0 Å². The van der Waals surface area contributed by atoms with Gasteiger partial charge in [0.05, 0.1) is 33.1 Å². The Morgan fingerprint density at radius 3 is 2.45 bits per heavy atom. The number of halogens is 1. The molecular formula is C13H14BrNO5. The Bertz CT molecular complexity index is 542. The zero-order valence-electron chi connectivity index (χ0n) is 11.2. The van der Waals surface area contributed by atoms with Gasteiger partial charge in [0.15, 0.2) is 0 Å². The third-order valence-electron chi connectivity index (χ3n) is 2.30. The van der Waals surface area contributed by atoms with E-state index in [0.717, 1.165) is 10.5 Å². The molecule has 0 aromatic heterocycles. The van der Waals surface area contributed by atoms with Gasteiger partial charge < -0.3 is 19.5 Å². The molecule has 1 aromatic carbocycles. The van der Waals surface area contributed by atoms with Crippen LogP contribution in [0.25, 0.3) is 0 Å². The third-order valence-corrected chi connectivity index (χ3v) is 2.79. The van der Waals surface area contributed by atoms with Crippen molar-refractivity contribution in [1.82, 2.24) is 0 Å². The van der Waals surface area contributed by atoms with Gasteiger partial charge in [-0.15, -0.1) is 0 Å². The molecule has 108 valence electrons. The number of hydrogen-bond donors (Lipinski definition) is 1. The Morgan fingerprint density at radius 2 is 1.90 bits per heavy atom. The molecule has 0 atom stereocenters. The van der Waals surface area contributed by atoms with E-state index in [1.54, 1.807) is 18.2 Å². The predicted octanol–water partition coefficient (Wildman–Crippen LogP) is 2.10. The van der Waals surface area contributed by atoms with E-state index in [1.807, 2.05) is 0 Å². The van der Waals surface area contributed by atoms with Crippen molar-refractivity contribution in [1.29, 1.82) is 0 Å². The molecule has 7 heteroatoms. The second-order valence-electron chi connectivity index (χ2n) is 3.54. The molecule has 0 aliphatic heterocycles. The Hall–Kier alpha value is -2.02. The molecule has 0 spiro atoms. The number of benzene rings is 1. The summed E-state index contributed by atoms with van der Waals surface area (Å²) in [6, 6.07) is 5.17. The first kappa shape index (κ1) is 16.0. The van der Waals surface area contributed by atoms with Crippen molar-refractivity contribution in [3.8, 4) is 5.75 Å². The van der Waals surface area contributed by atoms with Crippen LogP contribution in [0, 0.1) is 0 Å². The molecule has 0 amide bonds. The summed E-state index contributed by atoms with van der Waals surface area (Å²) in [7, 11) is 3.93. The molecule has 0 saturated heterocycles. The first-order valence-corrected chi connectivity index (χ1v) is 6.29. The average Bonchev–Trinajstić information content (AvgIpc) is 2.46. The summed E-state index contributed by atoms with van der Waals surface area (Å²) >= 11 is 3.31. The first-order valence-electron chi connectivity index (χ1n) is 5.50. The van der Waals surface area contributed by atoms with Gasteiger partial charge in [-0.1, -0.05) is 15.9 Å². The molecule has 0 aliphatic rings. The summed E-state index contributed by atoms with van der Waals surface area (Å²) in [5.41, 5.74) is 0.455. The monoisotopic (exact) mass is 343 g/mol. The SMILES string of the molecule is COC(=O)/C=C(/Nc1ccc(Br)cc1OC)C(=O)OC. The fourth-order valence-corrected chi connectivity index (χ4v) is 1.69. The van der Waals surface area contributed by atoms with E-state index < -0.39 is 11.9 Å². The van der Waals surface area contributed by atoms with Gasteiger partial charge in [0.1, 0.15) is 11.4 Å². The molecule has 6 nitrogen and oxygen atoms in total. The highest BCUT2D eigenvalue weighted by atomic mass is 79.9. The average molecular weight is 344 g/mol. The lowest BCUT2D eigenvalue weighted by Gasteiger charge is -2.12. The molecule has 20 heavy (non-hydrogen) atoms. The molecular weight excluding hydrogens is 330 g/mol. The van der Waals surface area contributed by atoms with Gasteiger partial charge in [-0.2, -0.15) is 0 Å². The maximum absolute atomic E-state index is 11.6. The molecule has 0 bridgehead atoms. The molecule has 1 rings (SSSR count). The summed E-state index contributed by atoms with van der Waals surface area (Å²) in [5.74, 6) is -0.867. The number of esters is 2. The molecule has 1 N–H and O–H groups in total. The van der Waals surface area contributed by atoms with E-state index in [0.29, 0.717) is 11.4 Å². The first-order chi connectivity index (χ1) is 9.51. The highest BCUT2D eigenvalue weighted by molar-refractivity contribution is 9.10. The van der Waals surface area contributed by atoms with Gasteiger partial charge in [-0.3, -0.25) is 0 Å². The Morgan fingerprint density at radius 1 is 1.20 bits per heavy atom. The molecule has 0 heterocycles. The lowest BCUT2D eigenvalue weighted by atomic mass is 10.2. The zero-order chi connectivity index (χ0) is 15.1. The van der Waals surface area contributed by atoms with E-state index in [2.05, 4.69) is 30.7 Å². The van der Waals surface area contributed by atoms with Crippen molar-refractivity contribution in [3.05, 3.63) is 34.4 Å². The lowest BCUT2D eigenvalue weighted by Crippen LogP contribution is -2.15. The van der Waals surface area contributed by atoms with Gasteiger partial charge >= 0.3 is 11.9 Å². The number of carbonyl (C=O) groups excluding carboxylic acids is 2. The van der Waals surface area contributed by atoms with Gasteiger partial charge in [0.25, 0.3) is 0 Å². The van der Waals surface area contributed by atoms with Crippen LogP contribution in [0.15, 0.2) is 34.4 Å². The molecule has 0 radical (unpaired) electrons. The summed E-state index contributed by atoms with van der Waals surface area (Å²) in [5, 5.41) is 2.78. The predicted molar refractivity (Wildman–Crippen MR) is 76.4 cm³/mol. The van der Waals surface area contributed by atoms with Crippen LogP contribution >= 0.6 is 15.9 Å². The van der Waals surface area contributed by atoms with Crippen LogP contribution in [0.4, 0.5) is 5.69 Å². The van der Waals surface area contributed by atoms with Crippen LogP contribution in [0.3, 0.4) is 0 Å². The Kier molecular flexibility index (Phi) is 6.05. The smallest absolute Gasteiger partial charge is 0.354 e. The van der Waals surface area contributed by atoms with Crippen LogP contribution in [-0.2, 0) is 19.1 Å². The summed E-state index contributed by atoms with van der Waals surface area (Å²) in [6.07, 6.45) is 1.01. The Labute approximate surface area is 124 Å². The second kappa shape index (κ2) is 7.54. The number of hydrogen-bond acceptors (Lipinski definition) is 6. The Balaban J connectivity index is 3.10. The van der Waals surface area contributed by atoms with E-state index >= 15 is 0 Å². The van der Waals surface area contributed by atoms with E-state index in [1.165, 1.54) is 21.3 Å². The number of ether oxygens (including phenoxy) is 3. The number of methoxy groups -OCH3 is 3. The van der Waals surface area contributed by atoms with Crippen molar-refractivity contribution >= 4 is 33.6 Å². The summed E-state index contributed by atoms with van der Waals surface area (Å²) < 4.78 is 15.1. The lowest BCUT2D eigenvalue weighted by molar-refractivity contribution is -0.138. The minimum absolute atomic E-state index is 0.0556. The quantitative estimate of drug-likeness (QED) is 0.651. The van der Waals surface area contributed by atoms with E-state index in [-0.39, 0.29) is 5.70 Å². The standard InChI is InChI=1S/C13H14BrNO5/c1-18-11-6-8(14)4-5-9(11)15-10(13(17)20-3)7-12(16)19-2/h4-7,15H,1-3H3/b10-7+. The zero-order valence-corrected chi connectivity index (χ0v) is 12.8. The molecule has 0 saturated carbocycles. The minimum atomic E-state index is -0.694. The topological polar surface area (TPSA) is 73.9 Å². The minimum Gasteiger partial charge on any atom is -0.495 e. The number of anilines is 1. The number of rotatable bonds is 5. The fourth-order valence-electron chi connectivity index (χ4n) is 1.35. The summed E-state index contributed by atoms with van der Waals surface area (Å²) in [6.45, 7) is 0. The third kappa shape index (κ3) is 4.27. The summed E-state index contributed by atoms with van der Waals surface area (Å²) in [4.78, 5) is 22.9. The number of nitrogens with one attached hydrogen (secondary N) is 1. The molecule has 1 aromatic rings. The molecule has 0 unspecified atom stereocenters. The second-order valence-corrected chi connectivity index (χ2v) is 4.46. The van der Waals surface area contributed by atoms with Gasteiger partial charge in [-0.25, -0.2) is 9.59 Å². The van der Waals surface area contributed by atoms with Crippen molar-refractivity contribution in [2.75, 3.05) is 26.6 Å². The van der Waals surface area contributed by atoms with Gasteiger partial charge in [-0.05, 0) is 18.2 Å². The largest absolute Gasteiger partial charge is 0.495 e. The van der Waals surface area contributed by atoms with Crippen LogP contribution in [0.1, 0.15) is 0 Å².